The average Bonchev–Trinajstić information content (AvgIpc) is 3.01. The first-order chi connectivity index (χ1) is 13.2. The van der Waals surface area contributed by atoms with Crippen molar-refractivity contribution in [2.75, 3.05) is 0 Å². The minimum Gasteiger partial charge on any atom is -0.481 e. The molecule has 4 nitrogen and oxygen atoms in total. The number of carbonyl (C=O) groups is 2. The Morgan fingerprint density at radius 1 is 1.14 bits per heavy atom. The number of aliphatic hydroxyl groups is 1. The van der Waals surface area contributed by atoms with Crippen LogP contribution in [0.4, 0.5) is 0 Å². The SMILES string of the molecule is C[C@H](CCC(=O)O)[C@H]1CC[C@H]2[C@@H]3CC[C@H]4CCCC[C@]4(C)[C@H]3C(=O)[C@@H](O)[C@]12C. The predicted molar refractivity (Wildman–Crippen MR) is 108 cm³/mol. The van der Waals surface area contributed by atoms with Crippen LogP contribution in [0.3, 0.4) is 0 Å². The van der Waals surface area contributed by atoms with Gasteiger partial charge in [-0.3, -0.25) is 9.59 Å². The summed E-state index contributed by atoms with van der Waals surface area (Å²) in [5.74, 6) is 1.34. The molecule has 0 unspecified atom stereocenters. The quantitative estimate of drug-likeness (QED) is 0.730. The van der Waals surface area contributed by atoms with E-state index in [1.807, 2.05) is 0 Å². The number of carbonyl (C=O) groups excluding carboxylic acids is 1. The van der Waals surface area contributed by atoms with Crippen molar-refractivity contribution < 1.29 is 19.8 Å². The number of hydrogen-bond donors (Lipinski definition) is 2. The van der Waals surface area contributed by atoms with Gasteiger partial charge in [0.25, 0.3) is 0 Å². The van der Waals surface area contributed by atoms with Crippen LogP contribution < -0.4 is 0 Å². The summed E-state index contributed by atoms with van der Waals surface area (Å²) in [4.78, 5) is 24.7. The van der Waals surface area contributed by atoms with Gasteiger partial charge in [0.1, 0.15) is 6.10 Å². The molecule has 4 fully saturated rings. The molecular weight excluding hydrogens is 352 g/mol. The Morgan fingerprint density at radius 3 is 2.61 bits per heavy atom. The van der Waals surface area contributed by atoms with E-state index in [1.165, 1.54) is 25.7 Å². The summed E-state index contributed by atoms with van der Waals surface area (Å²) in [5.41, 5.74) is -0.304. The van der Waals surface area contributed by atoms with E-state index < -0.39 is 12.1 Å². The van der Waals surface area contributed by atoms with Crippen LogP contribution in [0.15, 0.2) is 0 Å². The lowest BCUT2D eigenvalue weighted by Gasteiger charge is -2.61. The lowest BCUT2D eigenvalue weighted by Crippen LogP contribution is -2.63. The molecule has 4 aliphatic carbocycles. The molecule has 158 valence electrons. The summed E-state index contributed by atoms with van der Waals surface area (Å²) in [5, 5.41) is 20.5. The van der Waals surface area contributed by atoms with E-state index in [0.29, 0.717) is 24.2 Å². The van der Waals surface area contributed by atoms with Crippen LogP contribution in [0, 0.1) is 46.3 Å². The molecule has 0 aliphatic heterocycles. The molecule has 0 aromatic carbocycles. The molecule has 4 saturated carbocycles. The Morgan fingerprint density at radius 2 is 1.89 bits per heavy atom. The van der Waals surface area contributed by atoms with Gasteiger partial charge in [-0.15, -0.1) is 0 Å². The number of ketones is 1. The summed E-state index contributed by atoms with van der Waals surface area (Å²) in [6.07, 6.45) is 9.32. The Balaban J connectivity index is 1.63. The number of rotatable bonds is 4. The molecule has 4 heteroatoms. The highest BCUT2D eigenvalue weighted by molar-refractivity contribution is 5.88. The van der Waals surface area contributed by atoms with E-state index in [0.717, 1.165) is 25.7 Å². The molecule has 0 aromatic heterocycles. The number of carboxylic acid groups (broad SMARTS) is 1. The maximum atomic E-state index is 13.7. The zero-order valence-electron chi connectivity index (χ0n) is 17.8. The van der Waals surface area contributed by atoms with Crippen LogP contribution in [0.5, 0.6) is 0 Å². The minimum atomic E-state index is -0.879. The summed E-state index contributed by atoms with van der Waals surface area (Å²) in [6.45, 7) is 6.63. The van der Waals surface area contributed by atoms with Gasteiger partial charge in [0.15, 0.2) is 5.78 Å². The van der Waals surface area contributed by atoms with E-state index in [2.05, 4.69) is 20.8 Å². The van der Waals surface area contributed by atoms with Gasteiger partial charge in [-0.2, -0.15) is 0 Å². The van der Waals surface area contributed by atoms with Crippen LogP contribution in [0.1, 0.15) is 85.0 Å². The molecule has 28 heavy (non-hydrogen) atoms. The fraction of sp³-hybridized carbons (Fsp3) is 0.917. The minimum absolute atomic E-state index is 0.0349. The van der Waals surface area contributed by atoms with Crippen molar-refractivity contribution in [2.24, 2.45) is 46.3 Å². The third-order valence-electron chi connectivity index (χ3n) is 10.0. The van der Waals surface area contributed by atoms with E-state index in [9.17, 15) is 14.7 Å². The second-order valence-electron chi connectivity index (χ2n) is 11.0. The third kappa shape index (κ3) is 2.80. The molecule has 2 N–H and O–H groups in total. The smallest absolute Gasteiger partial charge is 0.303 e. The molecule has 0 aromatic rings. The van der Waals surface area contributed by atoms with Gasteiger partial charge in [-0.25, -0.2) is 0 Å². The summed E-state index contributed by atoms with van der Waals surface area (Å²) in [7, 11) is 0. The second kappa shape index (κ2) is 7.11. The molecule has 0 radical (unpaired) electrons. The Bertz CT molecular complexity index is 645. The molecule has 0 saturated heterocycles. The Kier molecular flexibility index (Phi) is 5.17. The van der Waals surface area contributed by atoms with Gasteiger partial charge >= 0.3 is 5.97 Å². The number of fused-ring (bicyclic) bond motifs is 5. The van der Waals surface area contributed by atoms with Gasteiger partial charge in [-0.05, 0) is 80.0 Å². The molecule has 0 heterocycles. The van der Waals surface area contributed by atoms with E-state index >= 15 is 0 Å². The maximum absolute atomic E-state index is 13.7. The lowest BCUT2D eigenvalue weighted by molar-refractivity contribution is -0.183. The molecule has 9 atom stereocenters. The van der Waals surface area contributed by atoms with Crippen molar-refractivity contribution in [2.45, 2.75) is 91.1 Å². The normalized spacial score (nSPS) is 49.1. The van der Waals surface area contributed by atoms with Gasteiger partial charge in [0, 0.05) is 17.8 Å². The average molecular weight is 391 g/mol. The van der Waals surface area contributed by atoms with Crippen LogP contribution in [-0.2, 0) is 9.59 Å². The van der Waals surface area contributed by atoms with Crippen molar-refractivity contribution in [3.63, 3.8) is 0 Å². The first-order valence-electron chi connectivity index (χ1n) is 11.6. The first kappa shape index (κ1) is 20.4. The number of aliphatic hydroxyl groups excluding tert-OH is 1. The maximum Gasteiger partial charge on any atom is 0.303 e. The fourth-order valence-corrected chi connectivity index (χ4v) is 8.60. The van der Waals surface area contributed by atoms with Crippen LogP contribution >= 0.6 is 0 Å². The number of carboxylic acids is 1. The molecule has 4 aliphatic rings. The summed E-state index contributed by atoms with van der Waals surface area (Å²) >= 11 is 0. The van der Waals surface area contributed by atoms with Crippen molar-refractivity contribution in [1.29, 1.82) is 0 Å². The molecule has 0 bridgehead atoms. The zero-order valence-corrected chi connectivity index (χ0v) is 17.8. The molecular formula is C24H38O4. The highest BCUT2D eigenvalue weighted by Gasteiger charge is 2.66. The van der Waals surface area contributed by atoms with E-state index in [1.54, 1.807) is 0 Å². The van der Waals surface area contributed by atoms with E-state index in [-0.39, 0.29) is 40.8 Å². The van der Waals surface area contributed by atoms with Crippen LogP contribution in [0.25, 0.3) is 0 Å². The van der Waals surface area contributed by atoms with Gasteiger partial charge in [-0.1, -0.05) is 33.6 Å². The highest BCUT2D eigenvalue weighted by atomic mass is 16.4. The predicted octanol–water partition coefficient (Wildman–Crippen LogP) is 4.69. The summed E-state index contributed by atoms with van der Waals surface area (Å²) < 4.78 is 0. The fourth-order valence-electron chi connectivity index (χ4n) is 8.60. The van der Waals surface area contributed by atoms with Crippen molar-refractivity contribution in [3.05, 3.63) is 0 Å². The Hall–Kier alpha value is -0.900. The van der Waals surface area contributed by atoms with E-state index in [4.69, 9.17) is 5.11 Å². The topological polar surface area (TPSA) is 74.6 Å². The number of Topliss-reactive ketones (excluding diaryl/α,β-unsaturated/α-hetero) is 1. The van der Waals surface area contributed by atoms with Gasteiger partial charge in [0.2, 0.25) is 0 Å². The molecule has 0 amide bonds. The van der Waals surface area contributed by atoms with Crippen molar-refractivity contribution in [3.8, 4) is 0 Å². The van der Waals surface area contributed by atoms with Crippen LogP contribution in [0.2, 0.25) is 0 Å². The largest absolute Gasteiger partial charge is 0.481 e. The standard InChI is InChI=1S/C24H38O4/c1-14(7-12-19(25)26)17-10-11-18-16-9-8-15-6-4-5-13-23(15,2)20(16)21(27)22(28)24(17,18)3/h14-18,20,22,28H,4-13H2,1-3H3,(H,25,26)/t14-,15-,16+,17-,18+,20-,22-,23+,24-/m1/s1. The summed E-state index contributed by atoms with van der Waals surface area (Å²) in [6, 6.07) is 0. The second-order valence-corrected chi connectivity index (χ2v) is 11.0. The first-order valence-corrected chi connectivity index (χ1v) is 11.6. The lowest BCUT2D eigenvalue weighted by atomic mass is 9.43. The van der Waals surface area contributed by atoms with Crippen molar-refractivity contribution in [1.82, 2.24) is 0 Å². The monoisotopic (exact) mass is 390 g/mol. The van der Waals surface area contributed by atoms with Gasteiger partial charge in [0.05, 0.1) is 0 Å². The van der Waals surface area contributed by atoms with Crippen molar-refractivity contribution >= 4 is 11.8 Å². The molecule has 4 rings (SSSR count). The molecule has 0 spiro atoms. The number of hydrogen-bond acceptors (Lipinski definition) is 3. The van der Waals surface area contributed by atoms with Crippen LogP contribution in [-0.4, -0.2) is 28.1 Å². The number of aliphatic carboxylic acids is 1. The third-order valence-corrected chi connectivity index (χ3v) is 10.0. The Labute approximate surface area is 169 Å². The van der Waals surface area contributed by atoms with Gasteiger partial charge < -0.3 is 10.2 Å². The highest BCUT2D eigenvalue weighted by Crippen LogP contribution is 2.67. The zero-order chi connectivity index (χ0) is 20.3.